The van der Waals surface area contributed by atoms with Crippen molar-refractivity contribution in [1.82, 2.24) is 0 Å². The second-order valence-corrected chi connectivity index (χ2v) is 3.45. The van der Waals surface area contributed by atoms with Crippen LogP contribution in [-0.4, -0.2) is 0 Å². The zero-order valence-electron chi connectivity index (χ0n) is 7.77. The van der Waals surface area contributed by atoms with Gasteiger partial charge in [0.2, 0.25) is 11.4 Å². The molecule has 0 aliphatic carbocycles. The van der Waals surface area contributed by atoms with Crippen LogP contribution in [0.5, 0.6) is 0 Å². The molecule has 0 saturated carbocycles. The molecule has 1 aliphatic rings. The van der Waals surface area contributed by atoms with Crippen LogP contribution in [0.25, 0.3) is 17.0 Å². The molecule has 0 unspecified atom stereocenters. The molecule has 2 aromatic rings. The Balaban J connectivity index is 2.42. The molecule has 1 heteroatoms. The molecule has 0 amide bonds. The van der Waals surface area contributed by atoms with Crippen LogP contribution >= 0.6 is 0 Å². The Labute approximate surface area is 83.0 Å². The van der Waals surface area contributed by atoms with Gasteiger partial charge in [0.25, 0.3) is 0 Å². The molecule has 3 rings (SSSR count). The van der Waals surface area contributed by atoms with Gasteiger partial charge in [-0.3, -0.25) is 0 Å². The van der Waals surface area contributed by atoms with Crippen molar-refractivity contribution in [2.24, 2.45) is 0 Å². The minimum Gasteiger partial charge on any atom is -0.160 e. The highest BCUT2D eigenvalue weighted by Crippen LogP contribution is 2.30. The highest BCUT2D eigenvalue weighted by molar-refractivity contribution is 5.79. The molecule has 1 aromatic carbocycles. The molecule has 1 aromatic heterocycles. The summed E-state index contributed by atoms with van der Waals surface area (Å²) in [6, 6.07) is 14.6. The van der Waals surface area contributed by atoms with Crippen LogP contribution in [0.2, 0.25) is 0 Å². The lowest BCUT2D eigenvalue weighted by molar-refractivity contribution is -0.562. The molecule has 66 valence electrons. The average molecular weight is 180 g/mol. The fourth-order valence-corrected chi connectivity index (χ4v) is 1.99. The lowest BCUT2D eigenvalue weighted by atomic mass is 10.1. The van der Waals surface area contributed by atoms with Gasteiger partial charge in [0, 0.05) is 12.1 Å². The van der Waals surface area contributed by atoms with E-state index in [0.717, 1.165) is 5.70 Å². The summed E-state index contributed by atoms with van der Waals surface area (Å²) in [5.41, 5.74) is 4.81. The van der Waals surface area contributed by atoms with Crippen LogP contribution in [0.15, 0.2) is 55.2 Å². The number of benzene rings is 1. The van der Waals surface area contributed by atoms with Gasteiger partial charge in [-0.2, -0.15) is 4.57 Å². The van der Waals surface area contributed by atoms with Crippen molar-refractivity contribution < 1.29 is 4.57 Å². The highest BCUT2D eigenvalue weighted by Gasteiger charge is 2.28. The van der Waals surface area contributed by atoms with Gasteiger partial charge >= 0.3 is 0 Å². The van der Waals surface area contributed by atoms with Crippen molar-refractivity contribution in [1.29, 1.82) is 0 Å². The summed E-state index contributed by atoms with van der Waals surface area (Å²) in [5.74, 6) is 0. The predicted octanol–water partition coefficient (Wildman–Crippen LogP) is 2.47. The van der Waals surface area contributed by atoms with Crippen molar-refractivity contribution in [2.75, 3.05) is 0 Å². The summed E-state index contributed by atoms with van der Waals surface area (Å²) in [7, 11) is 0. The van der Waals surface area contributed by atoms with Gasteiger partial charge in [0.05, 0.1) is 11.1 Å². The van der Waals surface area contributed by atoms with E-state index < -0.39 is 0 Å². The van der Waals surface area contributed by atoms with Gasteiger partial charge in [-0.25, -0.2) is 0 Å². The summed E-state index contributed by atoms with van der Waals surface area (Å²) >= 11 is 0. The minimum absolute atomic E-state index is 1.07. The standard InChI is InChI=1S/C13H10N/c1-10-11-6-2-3-7-12(11)13-8-4-5-9-14(10)13/h2-9H,1H2/q+1. The van der Waals surface area contributed by atoms with E-state index in [2.05, 4.69) is 53.7 Å². The van der Waals surface area contributed by atoms with E-state index in [-0.39, 0.29) is 0 Å². The van der Waals surface area contributed by atoms with Crippen LogP contribution in [0, 0.1) is 0 Å². The lowest BCUT2D eigenvalue weighted by Gasteiger charge is -1.90. The zero-order valence-corrected chi connectivity index (χ0v) is 7.77. The van der Waals surface area contributed by atoms with Gasteiger partial charge in [0.15, 0.2) is 6.20 Å². The quantitative estimate of drug-likeness (QED) is 0.468. The lowest BCUT2D eigenvalue weighted by Crippen LogP contribution is -2.29. The Hall–Kier alpha value is -1.89. The van der Waals surface area contributed by atoms with Crippen molar-refractivity contribution >= 4 is 5.70 Å². The van der Waals surface area contributed by atoms with E-state index in [4.69, 9.17) is 0 Å². The molecule has 0 spiro atoms. The summed E-state index contributed by atoms with van der Waals surface area (Å²) in [4.78, 5) is 0. The SMILES string of the molecule is C=C1c2ccccc2-c2cccc[n+]21. The molecule has 1 aliphatic heterocycles. The number of hydrogen-bond donors (Lipinski definition) is 0. The van der Waals surface area contributed by atoms with E-state index in [1.54, 1.807) is 0 Å². The number of hydrogen-bond acceptors (Lipinski definition) is 0. The number of pyridine rings is 1. The molecule has 0 N–H and O–H groups in total. The second-order valence-electron chi connectivity index (χ2n) is 3.45. The minimum atomic E-state index is 1.07. The van der Waals surface area contributed by atoms with E-state index in [9.17, 15) is 0 Å². The first-order valence-electron chi connectivity index (χ1n) is 4.67. The predicted molar refractivity (Wildman–Crippen MR) is 56.5 cm³/mol. The number of rotatable bonds is 0. The Morgan fingerprint density at radius 2 is 1.57 bits per heavy atom. The third-order valence-corrected chi connectivity index (χ3v) is 2.66. The summed E-state index contributed by atoms with van der Waals surface area (Å²) < 4.78 is 2.13. The normalized spacial score (nSPS) is 12.4. The fourth-order valence-electron chi connectivity index (χ4n) is 1.99. The Bertz CT molecular complexity index is 479. The molecule has 14 heavy (non-hydrogen) atoms. The zero-order chi connectivity index (χ0) is 9.54. The Kier molecular flexibility index (Phi) is 1.37. The molecule has 0 radical (unpaired) electrons. The van der Waals surface area contributed by atoms with Crippen LogP contribution < -0.4 is 4.57 Å². The Morgan fingerprint density at radius 1 is 0.857 bits per heavy atom. The third kappa shape index (κ3) is 0.814. The van der Waals surface area contributed by atoms with Gasteiger partial charge in [0.1, 0.15) is 0 Å². The van der Waals surface area contributed by atoms with Crippen LogP contribution in [0.1, 0.15) is 5.56 Å². The van der Waals surface area contributed by atoms with Gasteiger partial charge in [-0.1, -0.05) is 12.1 Å². The Morgan fingerprint density at radius 3 is 2.43 bits per heavy atom. The highest BCUT2D eigenvalue weighted by atomic mass is 15.0. The summed E-state index contributed by atoms with van der Waals surface area (Å²) in [6.45, 7) is 4.10. The maximum atomic E-state index is 4.10. The molecule has 0 fully saturated rings. The molecule has 1 nitrogen and oxygen atoms in total. The van der Waals surface area contributed by atoms with E-state index in [0.29, 0.717) is 0 Å². The van der Waals surface area contributed by atoms with Gasteiger partial charge < -0.3 is 0 Å². The first-order valence-corrected chi connectivity index (χ1v) is 4.67. The maximum absolute atomic E-state index is 4.10. The molecule has 0 saturated heterocycles. The molecule has 0 atom stereocenters. The first kappa shape index (κ1) is 7.51. The van der Waals surface area contributed by atoms with E-state index in [1.165, 1.54) is 16.8 Å². The van der Waals surface area contributed by atoms with E-state index in [1.807, 2.05) is 6.07 Å². The smallest absolute Gasteiger partial charge is 0.160 e. The third-order valence-electron chi connectivity index (χ3n) is 2.66. The van der Waals surface area contributed by atoms with Crippen LogP contribution in [0.3, 0.4) is 0 Å². The summed E-state index contributed by atoms with van der Waals surface area (Å²) in [6.07, 6.45) is 2.05. The number of aromatic nitrogens is 1. The monoisotopic (exact) mass is 180 g/mol. The largest absolute Gasteiger partial charge is 0.219 e. The van der Waals surface area contributed by atoms with Gasteiger partial charge in [-0.05, 0) is 24.8 Å². The number of fused-ring (bicyclic) bond motifs is 3. The summed E-state index contributed by atoms with van der Waals surface area (Å²) in [5, 5.41) is 0. The maximum Gasteiger partial charge on any atom is 0.219 e. The van der Waals surface area contributed by atoms with E-state index >= 15 is 0 Å². The van der Waals surface area contributed by atoms with Crippen molar-refractivity contribution in [3.63, 3.8) is 0 Å². The molecule has 0 bridgehead atoms. The topological polar surface area (TPSA) is 3.88 Å². The van der Waals surface area contributed by atoms with Crippen LogP contribution in [0.4, 0.5) is 0 Å². The number of nitrogens with zero attached hydrogens (tertiary/aromatic N) is 1. The van der Waals surface area contributed by atoms with Gasteiger partial charge in [-0.15, -0.1) is 0 Å². The van der Waals surface area contributed by atoms with Crippen LogP contribution in [-0.2, 0) is 0 Å². The first-order chi connectivity index (χ1) is 6.88. The molecular weight excluding hydrogens is 170 g/mol. The van der Waals surface area contributed by atoms with Crippen molar-refractivity contribution in [2.45, 2.75) is 0 Å². The molecular formula is C13H10N+. The van der Waals surface area contributed by atoms with Crippen molar-refractivity contribution in [3.8, 4) is 11.3 Å². The molecule has 2 heterocycles. The van der Waals surface area contributed by atoms with Crippen molar-refractivity contribution in [3.05, 3.63) is 60.8 Å². The second kappa shape index (κ2) is 2.55. The fraction of sp³-hybridized carbons (Fsp3) is 0. The average Bonchev–Trinajstić information content (AvgIpc) is 2.55.